The number of benzene rings is 1. The molecule has 0 saturated heterocycles. The van der Waals surface area contributed by atoms with E-state index in [-0.39, 0.29) is 23.8 Å². The van der Waals surface area contributed by atoms with E-state index in [9.17, 15) is 9.18 Å². The Hall–Kier alpha value is -1.42. The first-order valence-corrected chi connectivity index (χ1v) is 8.36. The lowest BCUT2D eigenvalue weighted by atomic mass is 9.67. The quantitative estimate of drug-likeness (QED) is 0.902. The van der Waals surface area contributed by atoms with Crippen molar-refractivity contribution in [3.63, 3.8) is 0 Å². The predicted octanol–water partition coefficient (Wildman–Crippen LogP) is 2.95. The zero-order valence-corrected chi connectivity index (χ0v) is 13.1. The first-order valence-electron chi connectivity index (χ1n) is 8.36. The topological polar surface area (TPSA) is 55.1 Å². The van der Waals surface area contributed by atoms with Gasteiger partial charge in [0.2, 0.25) is 5.91 Å². The smallest absolute Gasteiger partial charge is 0.227 e. The first-order chi connectivity index (χ1) is 10.6. The highest BCUT2D eigenvalue weighted by Gasteiger charge is 2.40. The lowest BCUT2D eigenvalue weighted by molar-refractivity contribution is -0.124. The molecule has 3 unspecified atom stereocenters. The molecule has 3 rings (SSSR count). The van der Waals surface area contributed by atoms with Gasteiger partial charge in [0.05, 0.1) is 5.92 Å². The average Bonchev–Trinajstić information content (AvgIpc) is 2.48. The minimum absolute atomic E-state index is 0.0672. The van der Waals surface area contributed by atoms with E-state index in [0.29, 0.717) is 17.4 Å². The molecule has 3 atom stereocenters. The van der Waals surface area contributed by atoms with E-state index < -0.39 is 5.92 Å². The predicted molar refractivity (Wildman–Crippen MR) is 84.8 cm³/mol. The third-order valence-electron chi connectivity index (χ3n) is 5.45. The van der Waals surface area contributed by atoms with Gasteiger partial charge in [0.1, 0.15) is 5.82 Å². The van der Waals surface area contributed by atoms with Crippen LogP contribution in [0.25, 0.3) is 0 Å². The Morgan fingerprint density at radius 1 is 1.27 bits per heavy atom. The Balaban J connectivity index is 1.70. The summed E-state index contributed by atoms with van der Waals surface area (Å²) >= 11 is 0. The zero-order chi connectivity index (χ0) is 15.7. The van der Waals surface area contributed by atoms with Crippen molar-refractivity contribution >= 4 is 5.91 Å². The van der Waals surface area contributed by atoms with Crippen LogP contribution in [0, 0.1) is 17.7 Å². The maximum atomic E-state index is 13.9. The average molecular weight is 304 g/mol. The summed E-state index contributed by atoms with van der Waals surface area (Å²) in [6.07, 6.45) is 5.51. The summed E-state index contributed by atoms with van der Waals surface area (Å²) in [5.41, 5.74) is 6.60. The fraction of sp³-hybridized carbons (Fsp3) is 0.611. The molecular formula is C18H25FN2O. The van der Waals surface area contributed by atoms with Gasteiger partial charge in [-0.1, -0.05) is 24.6 Å². The van der Waals surface area contributed by atoms with Crippen LogP contribution in [0.1, 0.15) is 50.5 Å². The number of fused-ring (bicyclic) bond motifs is 2. The number of rotatable bonds is 3. The van der Waals surface area contributed by atoms with Gasteiger partial charge in [-0.2, -0.15) is 0 Å². The van der Waals surface area contributed by atoms with Crippen LogP contribution in [0.4, 0.5) is 4.39 Å². The Morgan fingerprint density at radius 3 is 2.55 bits per heavy atom. The number of hydrogen-bond donors (Lipinski definition) is 2. The van der Waals surface area contributed by atoms with E-state index in [4.69, 9.17) is 5.73 Å². The first kappa shape index (κ1) is 15.5. The molecule has 3 nitrogen and oxygen atoms in total. The third-order valence-corrected chi connectivity index (χ3v) is 5.45. The van der Waals surface area contributed by atoms with E-state index in [1.54, 1.807) is 25.1 Å². The largest absolute Gasteiger partial charge is 0.352 e. The monoisotopic (exact) mass is 304 g/mol. The second-order valence-electron chi connectivity index (χ2n) is 6.96. The lowest BCUT2D eigenvalue weighted by Gasteiger charge is -2.45. The number of carbonyl (C=O) groups is 1. The van der Waals surface area contributed by atoms with Crippen LogP contribution in [0.15, 0.2) is 24.3 Å². The summed E-state index contributed by atoms with van der Waals surface area (Å²) in [5, 5.41) is 3.21. The summed E-state index contributed by atoms with van der Waals surface area (Å²) in [7, 11) is 0. The molecule has 0 spiro atoms. The van der Waals surface area contributed by atoms with Crippen LogP contribution < -0.4 is 11.1 Å². The Morgan fingerprint density at radius 2 is 1.91 bits per heavy atom. The van der Waals surface area contributed by atoms with Gasteiger partial charge in [0.25, 0.3) is 0 Å². The highest BCUT2D eigenvalue weighted by Crippen LogP contribution is 2.40. The van der Waals surface area contributed by atoms with Crippen molar-refractivity contribution in [2.45, 2.75) is 57.0 Å². The van der Waals surface area contributed by atoms with Crippen LogP contribution in [-0.2, 0) is 4.79 Å². The molecule has 1 aromatic rings. The van der Waals surface area contributed by atoms with Crippen molar-refractivity contribution in [1.82, 2.24) is 5.32 Å². The third kappa shape index (κ3) is 3.02. The molecule has 22 heavy (non-hydrogen) atoms. The van der Waals surface area contributed by atoms with Crippen LogP contribution in [0.5, 0.6) is 0 Å². The van der Waals surface area contributed by atoms with Gasteiger partial charge in [-0.25, -0.2) is 4.39 Å². The molecule has 2 aliphatic carbocycles. The molecule has 120 valence electrons. The molecule has 3 N–H and O–H groups in total. The summed E-state index contributed by atoms with van der Waals surface area (Å²) in [6.45, 7) is 1.78. The fourth-order valence-corrected chi connectivity index (χ4v) is 4.28. The number of halogens is 1. The summed E-state index contributed by atoms with van der Waals surface area (Å²) < 4.78 is 13.9. The highest BCUT2D eigenvalue weighted by molar-refractivity contribution is 5.83. The van der Waals surface area contributed by atoms with E-state index in [1.165, 1.54) is 12.5 Å². The van der Waals surface area contributed by atoms with Crippen molar-refractivity contribution in [2.75, 3.05) is 0 Å². The minimum atomic E-state index is -0.461. The SMILES string of the molecule is CC(C(=O)NC1C2CCCC1CC(N)C2)c1ccccc1F. The van der Waals surface area contributed by atoms with Gasteiger partial charge in [0, 0.05) is 12.1 Å². The van der Waals surface area contributed by atoms with E-state index >= 15 is 0 Å². The fourth-order valence-electron chi connectivity index (χ4n) is 4.28. The number of nitrogens with two attached hydrogens (primary N) is 1. The summed E-state index contributed by atoms with van der Waals surface area (Å²) in [4.78, 5) is 12.6. The van der Waals surface area contributed by atoms with Crippen molar-refractivity contribution in [2.24, 2.45) is 17.6 Å². The van der Waals surface area contributed by atoms with Crippen LogP contribution in [-0.4, -0.2) is 18.0 Å². The normalized spacial score (nSPS) is 32.3. The van der Waals surface area contributed by atoms with E-state index in [1.807, 2.05) is 0 Å². The maximum absolute atomic E-state index is 13.9. The molecule has 2 aliphatic rings. The minimum Gasteiger partial charge on any atom is -0.352 e. The molecular weight excluding hydrogens is 279 g/mol. The molecule has 2 bridgehead atoms. The second-order valence-corrected chi connectivity index (χ2v) is 6.96. The number of carbonyl (C=O) groups excluding carboxylic acids is 1. The van der Waals surface area contributed by atoms with Crippen molar-refractivity contribution in [3.05, 3.63) is 35.6 Å². The van der Waals surface area contributed by atoms with Gasteiger partial charge >= 0.3 is 0 Å². The molecule has 0 aliphatic heterocycles. The van der Waals surface area contributed by atoms with Crippen molar-refractivity contribution in [3.8, 4) is 0 Å². The molecule has 0 aromatic heterocycles. The number of hydrogen-bond acceptors (Lipinski definition) is 2. The van der Waals surface area contributed by atoms with E-state index in [2.05, 4.69) is 5.32 Å². The summed E-state index contributed by atoms with van der Waals surface area (Å²) in [6, 6.07) is 7.01. The molecule has 4 heteroatoms. The van der Waals surface area contributed by atoms with Crippen LogP contribution in [0.3, 0.4) is 0 Å². The van der Waals surface area contributed by atoms with Gasteiger partial charge in [-0.15, -0.1) is 0 Å². The van der Waals surface area contributed by atoms with Gasteiger partial charge in [0.15, 0.2) is 0 Å². The zero-order valence-electron chi connectivity index (χ0n) is 13.1. The molecule has 0 radical (unpaired) electrons. The molecule has 1 aromatic carbocycles. The van der Waals surface area contributed by atoms with Gasteiger partial charge < -0.3 is 11.1 Å². The standard InChI is InChI=1S/C18H25FN2O/c1-11(15-7-2-3-8-16(15)19)18(22)21-17-12-5-4-6-13(17)10-14(20)9-12/h2-3,7-8,11-14,17H,4-6,9-10,20H2,1H3,(H,21,22). The van der Waals surface area contributed by atoms with Gasteiger partial charge in [-0.05, 0) is 56.1 Å². The maximum Gasteiger partial charge on any atom is 0.227 e. The Labute approximate surface area is 131 Å². The molecule has 2 saturated carbocycles. The van der Waals surface area contributed by atoms with Crippen molar-refractivity contribution in [1.29, 1.82) is 0 Å². The summed E-state index contributed by atoms with van der Waals surface area (Å²) in [5.74, 6) is 0.134. The van der Waals surface area contributed by atoms with Crippen molar-refractivity contribution < 1.29 is 9.18 Å². The number of nitrogens with one attached hydrogen (secondary N) is 1. The highest BCUT2D eigenvalue weighted by atomic mass is 19.1. The van der Waals surface area contributed by atoms with Gasteiger partial charge in [-0.3, -0.25) is 4.79 Å². The lowest BCUT2D eigenvalue weighted by Crippen LogP contribution is -2.54. The van der Waals surface area contributed by atoms with Crippen LogP contribution in [0.2, 0.25) is 0 Å². The Kier molecular flexibility index (Phi) is 4.48. The molecule has 0 heterocycles. The second kappa shape index (κ2) is 6.37. The molecule has 1 amide bonds. The Bertz CT molecular complexity index is 534. The van der Waals surface area contributed by atoms with Crippen LogP contribution >= 0.6 is 0 Å². The number of amides is 1. The van der Waals surface area contributed by atoms with E-state index in [0.717, 1.165) is 25.7 Å². The molecule has 2 fully saturated rings.